The molecule has 0 aliphatic rings. The smallest absolute Gasteiger partial charge is 0.221 e. The molecular weight excluding hydrogens is 212 g/mol. The van der Waals surface area contributed by atoms with Gasteiger partial charge < -0.3 is 5.32 Å². The van der Waals surface area contributed by atoms with Crippen molar-refractivity contribution in [2.75, 3.05) is 5.32 Å². The Morgan fingerprint density at radius 1 is 1.18 bits per heavy atom. The molecule has 17 heavy (non-hydrogen) atoms. The zero-order chi connectivity index (χ0) is 12.1. The van der Waals surface area contributed by atoms with Gasteiger partial charge in [-0.2, -0.15) is 0 Å². The highest BCUT2D eigenvalue weighted by molar-refractivity contribution is 5.88. The van der Waals surface area contributed by atoms with E-state index in [0.717, 1.165) is 17.7 Å². The van der Waals surface area contributed by atoms with Gasteiger partial charge in [-0.3, -0.25) is 9.78 Å². The monoisotopic (exact) mass is 226 g/mol. The lowest BCUT2D eigenvalue weighted by Gasteiger charge is -2.05. The highest BCUT2D eigenvalue weighted by Gasteiger charge is 2.00. The van der Waals surface area contributed by atoms with Gasteiger partial charge in [-0.25, -0.2) is 0 Å². The fraction of sp³-hybridized carbons (Fsp3) is 0.143. The van der Waals surface area contributed by atoms with Crippen LogP contribution in [0.25, 0.3) is 0 Å². The zero-order valence-electron chi connectivity index (χ0n) is 9.68. The van der Waals surface area contributed by atoms with E-state index in [-0.39, 0.29) is 5.91 Å². The Hall–Kier alpha value is -2.16. The number of pyridine rings is 1. The van der Waals surface area contributed by atoms with Crippen molar-refractivity contribution in [1.29, 1.82) is 0 Å². The first-order chi connectivity index (χ1) is 8.24. The quantitative estimate of drug-likeness (QED) is 0.874. The fourth-order valence-corrected chi connectivity index (χ4v) is 1.69. The van der Waals surface area contributed by atoms with Gasteiger partial charge in [0, 0.05) is 13.1 Å². The number of anilines is 1. The first kappa shape index (κ1) is 11.3. The summed E-state index contributed by atoms with van der Waals surface area (Å²) in [5.41, 5.74) is 3.06. The fourth-order valence-electron chi connectivity index (χ4n) is 1.69. The Morgan fingerprint density at radius 3 is 2.65 bits per heavy atom. The van der Waals surface area contributed by atoms with Crippen LogP contribution < -0.4 is 5.32 Å². The summed E-state index contributed by atoms with van der Waals surface area (Å²) >= 11 is 0. The molecule has 2 aromatic rings. The van der Waals surface area contributed by atoms with E-state index < -0.39 is 0 Å². The number of carbonyl (C=O) groups excluding carboxylic acids is 1. The highest BCUT2D eigenvalue weighted by Crippen LogP contribution is 2.12. The lowest BCUT2D eigenvalue weighted by atomic mass is 10.1. The molecule has 1 aromatic carbocycles. The number of carbonyl (C=O) groups is 1. The van der Waals surface area contributed by atoms with Crippen LogP contribution in [0.5, 0.6) is 0 Å². The number of aromatic nitrogens is 1. The molecule has 1 aromatic heterocycles. The first-order valence-electron chi connectivity index (χ1n) is 5.49. The second-order valence-corrected chi connectivity index (χ2v) is 3.93. The molecule has 3 nitrogen and oxygen atoms in total. The van der Waals surface area contributed by atoms with Gasteiger partial charge in [-0.05, 0) is 23.6 Å². The van der Waals surface area contributed by atoms with Crippen molar-refractivity contribution < 1.29 is 4.79 Å². The second kappa shape index (κ2) is 5.25. The van der Waals surface area contributed by atoms with Crippen molar-refractivity contribution in [1.82, 2.24) is 4.98 Å². The lowest BCUT2D eigenvalue weighted by molar-refractivity contribution is -0.114. The number of rotatable bonds is 3. The van der Waals surface area contributed by atoms with Gasteiger partial charge in [0.15, 0.2) is 0 Å². The van der Waals surface area contributed by atoms with Crippen LogP contribution >= 0.6 is 0 Å². The van der Waals surface area contributed by atoms with Gasteiger partial charge in [0.2, 0.25) is 5.91 Å². The largest absolute Gasteiger partial charge is 0.325 e. The minimum atomic E-state index is -0.0799. The van der Waals surface area contributed by atoms with E-state index in [9.17, 15) is 4.79 Å². The molecule has 0 saturated heterocycles. The van der Waals surface area contributed by atoms with E-state index >= 15 is 0 Å². The number of amides is 1. The zero-order valence-corrected chi connectivity index (χ0v) is 9.68. The van der Waals surface area contributed by atoms with Gasteiger partial charge in [0.1, 0.15) is 0 Å². The van der Waals surface area contributed by atoms with E-state index in [1.54, 1.807) is 6.20 Å². The van der Waals surface area contributed by atoms with Crippen LogP contribution in [-0.4, -0.2) is 10.9 Å². The average molecular weight is 226 g/mol. The summed E-state index contributed by atoms with van der Waals surface area (Å²) in [5.74, 6) is -0.0799. The van der Waals surface area contributed by atoms with Gasteiger partial charge >= 0.3 is 0 Å². The van der Waals surface area contributed by atoms with Crippen LogP contribution in [0.2, 0.25) is 0 Å². The molecule has 0 spiro atoms. The maximum atomic E-state index is 10.9. The predicted molar refractivity (Wildman–Crippen MR) is 67.8 cm³/mol. The van der Waals surface area contributed by atoms with Crippen molar-refractivity contribution in [3.05, 3.63) is 59.9 Å². The standard InChI is InChI=1S/C14H14N2O/c1-11(17)16-14-8-13(9-15-10-14)7-12-5-3-2-4-6-12/h2-6,8-10H,7H2,1H3,(H,16,17). The Kier molecular flexibility index (Phi) is 3.50. The number of nitrogens with one attached hydrogen (secondary N) is 1. The highest BCUT2D eigenvalue weighted by atomic mass is 16.1. The minimum absolute atomic E-state index is 0.0799. The number of benzene rings is 1. The van der Waals surface area contributed by atoms with Crippen LogP contribution in [0.4, 0.5) is 5.69 Å². The number of hydrogen-bond acceptors (Lipinski definition) is 2. The lowest BCUT2D eigenvalue weighted by Crippen LogP contribution is -2.06. The molecule has 0 radical (unpaired) electrons. The van der Waals surface area contributed by atoms with Crippen molar-refractivity contribution in [2.24, 2.45) is 0 Å². The van der Waals surface area contributed by atoms with Crippen molar-refractivity contribution in [2.45, 2.75) is 13.3 Å². The molecule has 3 heteroatoms. The van der Waals surface area contributed by atoms with Crippen molar-refractivity contribution in [3.8, 4) is 0 Å². The molecule has 0 saturated carbocycles. The average Bonchev–Trinajstić information content (AvgIpc) is 2.30. The molecule has 86 valence electrons. The van der Waals surface area contributed by atoms with Crippen molar-refractivity contribution >= 4 is 11.6 Å². The molecule has 0 aliphatic carbocycles. The summed E-state index contributed by atoms with van der Waals surface area (Å²) < 4.78 is 0. The van der Waals surface area contributed by atoms with Gasteiger partial charge in [0.25, 0.3) is 0 Å². The molecule has 0 aliphatic heterocycles. The van der Waals surface area contributed by atoms with Gasteiger partial charge in [0.05, 0.1) is 11.9 Å². The number of nitrogens with zero attached hydrogens (tertiary/aromatic N) is 1. The molecule has 0 bridgehead atoms. The SMILES string of the molecule is CC(=O)Nc1cncc(Cc2ccccc2)c1. The second-order valence-electron chi connectivity index (χ2n) is 3.93. The molecule has 0 fully saturated rings. The minimum Gasteiger partial charge on any atom is -0.325 e. The summed E-state index contributed by atoms with van der Waals surface area (Å²) in [6.07, 6.45) is 4.29. The Balaban J connectivity index is 2.14. The van der Waals surface area contributed by atoms with Gasteiger partial charge in [-0.1, -0.05) is 30.3 Å². The van der Waals surface area contributed by atoms with Crippen LogP contribution in [0.3, 0.4) is 0 Å². The third-order valence-electron chi connectivity index (χ3n) is 2.37. The molecule has 2 rings (SSSR count). The van der Waals surface area contributed by atoms with Crippen LogP contribution in [0, 0.1) is 0 Å². The van der Waals surface area contributed by atoms with E-state index in [0.29, 0.717) is 0 Å². The molecular formula is C14H14N2O. The molecule has 1 N–H and O–H groups in total. The molecule has 1 heterocycles. The van der Waals surface area contributed by atoms with E-state index in [1.165, 1.54) is 12.5 Å². The maximum absolute atomic E-state index is 10.9. The Bertz CT molecular complexity index is 509. The molecule has 1 amide bonds. The van der Waals surface area contributed by atoms with Crippen molar-refractivity contribution in [3.63, 3.8) is 0 Å². The normalized spacial score (nSPS) is 9.94. The van der Waals surface area contributed by atoms with Crippen LogP contribution in [0.15, 0.2) is 48.8 Å². The Labute approximate surface area is 101 Å². The van der Waals surface area contributed by atoms with E-state index in [4.69, 9.17) is 0 Å². The van der Waals surface area contributed by atoms with Gasteiger partial charge in [-0.15, -0.1) is 0 Å². The van der Waals surface area contributed by atoms with E-state index in [1.807, 2.05) is 30.5 Å². The Morgan fingerprint density at radius 2 is 1.94 bits per heavy atom. The van der Waals surface area contributed by atoms with Crippen LogP contribution in [-0.2, 0) is 11.2 Å². The summed E-state index contributed by atoms with van der Waals surface area (Å²) in [7, 11) is 0. The summed E-state index contributed by atoms with van der Waals surface area (Å²) in [5, 5.41) is 2.73. The molecule has 0 unspecified atom stereocenters. The van der Waals surface area contributed by atoms with Crippen LogP contribution in [0.1, 0.15) is 18.1 Å². The number of hydrogen-bond donors (Lipinski definition) is 1. The first-order valence-corrected chi connectivity index (χ1v) is 5.49. The summed E-state index contributed by atoms with van der Waals surface area (Å²) in [6.45, 7) is 1.49. The van der Waals surface area contributed by atoms with E-state index in [2.05, 4.69) is 22.4 Å². The third kappa shape index (κ3) is 3.41. The topological polar surface area (TPSA) is 42.0 Å². The summed E-state index contributed by atoms with van der Waals surface area (Å²) in [4.78, 5) is 15.1. The molecule has 0 atom stereocenters. The maximum Gasteiger partial charge on any atom is 0.221 e. The predicted octanol–water partition coefficient (Wildman–Crippen LogP) is 2.63. The summed E-state index contributed by atoms with van der Waals surface area (Å²) in [6, 6.07) is 12.1. The third-order valence-corrected chi connectivity index (χ3v) is 2.37.